The molecule has 1 aliphatic carbocycles. The molecule has 2 N–H and O–H groups in total. The number of hydrogen-bond acceptors (Lipinski definition) is 5. The zero-order chi connectivity index (χ0) is 19.5. The van der Waals surface area contributed by atoms with Crippen LogP contribution in [0.25, 0.3) is 11.3 Å². The van der Waals surface area contributed by atoms with E-state index in [0.29, 0.717) is 52.7 Å². The average molecular weight is 373 g/mol. The Labute approximate surface area is 163 Å². The van der Waals surface area contributed by atoms with Gasteiger partial charge in [-0.2, -0.15) is 5.26 Å². The number of hydrogen-bond donors (Lipinski definition) is 1. The number of anilines is 1. The van der Waals surface area contributed by atoms with Crippen LogP contribution in [-0.4, -0.2) is 15.0 Å². The van der Waals surface area contributed by atoms with Crippen molar-refractivity contribution in [1.29, 1.82) is 5.26 Å². The minimum absolute atomic E-state index is 0.266. The number of benzene rings is 1. The molecule has 0 spiro atoms. The lowest BCUT2D eigenvalue weighted by molar-refractivity contribution is 0.414. The van der Waals surface area contributed by atoms with E-state index >= 15 is 4.39 Å². The van der Waals surface area contributed by atoms with Gasteiger partial charge in [-0.05, 0) is 60.9 Å². The van der Waals surface area contributed by atoms with Crippen LogP contribution < -0.4 is 5.73 Å². The molecule has 1 aromatic carbocycles. The predicted molar refractivity (Wildman–Crippen MR) is 105 cm³/mol. The molecule has 140 valence electrons. The van der Waals surface area contributed by atoms with Crippen LogP contribution in [0.5, 0.6) is 0 Å². The first-order chi connectivity index (χ1) is 13.7. The molecule has 3 aromatic rings. The highest BCUT2D eigenvalue weighted by atomic mass is 19.1. The van der Waals surface area contributed by atoms with Crippen LogP contribution >= 0.6 is 0 Å². The zero-order valence-corrected chi connectivity index (χ0v) is 15.4. The van der Waals surface area contributed by atoms with Crippen molar-refractivity contribution in [1.82, 2.24) is 15.0 Å². The third kappa shape index (κ3) is 3.44. The number of nitrogens with two attached hydrogens (primary N) is 1. The maximum absolute atomic E-state index is 15.5. The molecule has 1 aliphatic rings. The highest BCUT2D eigenvalue weighted by molar-refractivity contribution is 5.62. The van der Waals surface area contributed by atoms with E-state index in [-0.39, 0.29) is 5.82 Å². The van der Waals surface area contributed by atoms with Crippen molar-refractivity contribution in [2.24, 2.45) is 0 Å². The molecule has 0 amide bonds. The predicted octanol–water partition coefficient (Wildman–Crippen LogP) is 4.18. The maximum atomic E-state index is 15.5. The van der Waals surface area contributed by atoms with Crippen LogP contribution in [0.1, 0.15) is 47.6 Å². The molecule has 6 heteroatoms. The highest BCUT2D eigenvalue weighted by Gasteiger charge is 2.25. The lowest BCUT2D eigenvalue weighted by Gasteiger charge is -2.28. The number of halogens is 1. The summed E-state index contributed by atoms with van der Waals surface area (Å²) in [6, 6.07) is 9.44. The van der Waals surface area contributed by atoms with Gasteiger partial charge in [0.05, 0.1) is 29.3 Å². The van der Waals surface area contributed by atoms with Gasteiger partial charge in [0, 0.05) is 11.8 Å². The fourth-order valence-electron chi connectivity index (χ4n) is 3.65. The number of nitriles is 1. The summed E-state index contributed by atoms with van der Waals surface area (Å²) in [6.45, 7) is 0. The van der Waals surface area contributed by atoms with E-state index in [4.69, 9.17) is 5.73 Å². The molecule has 28 heavy (non-hydrogen) atoms. The Bertz CT molecular complexity index is 1040. The molecule has 0 atom stereocenters. The second-order valence-corrected chi connectivity index (χ2v) is 7.06. The van der Waals surface area contributed by atoms with E-state index in [0.717, 1.165) is 18.4 Å². The van der Waals surface area contributed by atoms with Gasteiger partial charge in [0.15, 0.2) is 0 Å². The van der Waals surface area contributed by atoms with Crippen LogP contribution in [0.3, 0.4) is 0 Å². The average Bonchev–Trinajstić information content (AvgIpc) is 2.67. The van der Waals surface area contributed by atoms with E-state index in [2.05, 4.69) is 21.0 Å². The van der Waals surface area contributed by atoms with Gasteiger partial charge < -0.3 is 5.73 Å². The number of aromatic nitrogens is 3. The monoisotopic (exact) mass is 373 g/mol. The topological polar surface area (TPSA) is 88.5 Å². The van der Waals surface area contributed by atoms with Crippen molar-refractivity contribution >= 4 is 5.82 Å². The number of rotatable bonds is 5. The third-order valence-electron chi connectivity index (χ3n) is 5.39. The zero-order valence-electron chi connectivity index (χ0n) is 15.4. The summed E-state index contributed by atoms with van der Waals surface area (Å²) in [5, 5.41) is 9.29. The summed E-state index contributed by atoms with van der Waals surface area (Å²) in [4.78, 5) is 12.6. The minimum Gasteiger partial charge on any atom is -0.382 e. The summed E-state index contributed by atoms with van der Waals surface area (Å²) in [7, 11) is 0. The van der Waals surface area contributed by atoms with Crippen molar-refractivity contribution in [3.05, 3.63) is 71.1 Å². The first kappa shape index (κ1) is 18.1. The second-order valence-electron chi connectivity index (χ2n) is 7.06. The fourth-order valence-corrected chi connectivity index (χ4v) is 3.65. The molecule has 5 nitrogen and oxygen atoms in total. The highest BCUT2D eigenvalue weighted by Crippen LogP contribution is 2.40. The van der Waals surface area contributed by atoms with Gasteiger partial charge in [-0.25, -0.2) is 9.37 Å². The third-order valence-corrected chi connectivity index (χ3v) is 5.39. The Balaban J connectivity index is 1.71. The molecular formula is C22H20FN5. The Morgan fingerprint density at radius 1 is 1.11 bits per heavy atom. The summed E-state index contributed by atoms with van der Waals surface area (Å²) in [5.74, 6) is 0.433. The molecule has 2 heterocycles. The Morgan fingerprint density at radius 2 is 1.96 bits per heavy atom. The van der Waals surface area contributed by atoms with Gasteiger partial charge in [0.2, 0.25) is 0 Å². The van der Waals surface area contributed by atoms with Gasteiger partial charge in [-0.15, -0.1) is 0 Å². The molecule has 0 bridgehead atoms. The van der Waals surface area contributed by atoms with Crippen LogP contribution in [0.4, 0.5) is 10.2 Å². The second kappa shape index (κ2) is 7.73. The fraction of sp³-hybridized carbons (Fsp3) is 0.273. The SMILES string of the molecule is N#Cc1cccnc1CCc1c(C2CCC2)ccc(-c2cnc(N)cn2)c1F. The molecule has 2 aromatic heterocycles. The molecule has 0 aliphatic heterocycles. The standard InChI is InChI=1S/C22H20FN5/c23-22-17(8-9-19-15(11-24)5-2-10-26-19)16(14-3-1-4-14)6-7-18(22)20-12-28-21(25)13-27-20/h2,5-7,10,12-14H,1,3-4,8-9H2,(H2,25,28). The van der Waals surface area contributed by atoms with Gasteiger partial charge in [-0.3, -0.25) is 9.97 Å². The summed E-state index contributed by atoms with van der Waals surface area (Å²) in [5.41, 5.74) is 9.47. The lowest BCUT2D eigenvalue weighted by atomic mass is 9.77. The molecule has 1 fully saturated rings. The lowest BCUT2D eigenvalue weighted by Crippen LogP contribution is -2.14. The van der Waals surface area contributed by atoms with E-state index in [1.165, 1.54) is 18.8 Å². The molecular weight excluding hydrogens is 353 g/mol. The Hall–Kier alpha value is -3.33. The Morgan fingerprint density at radius 3 is 2.64 bits per heavy atom. The van der Waals surface area contributed by atoms with Gasteiger partial charge >= 0.3 is 0 Å². The van der Waals surface area contributed by atoms with Crippen molar-refractivity contribution in [3.8, 4) is 17.3 Å². The van der Waals surface area contributed by atoms with Crippen LogP contribution in [-0.2, 0) is 12.8 Å². The molecule has 4 rings (SSSR count). The van der Waals surface area contributed by atoms with E-state index in [9.17, 15) is 5.26 Å². The minimum atomic E-state index is -0.266. The number of nitrogens with zero attached hydrogens (tertiary/aromatic N) is 4. The largest absolute Gasteiger partial charge is 0.382 e. The molecule has 0 unspecified atom stereocenters. The van der Waals surface area contributed by atoms with E-state index in [1.54, 1.807) is 24.4 Å². The van der Waals surface area contributed by atoms with Crippen molar-refractivity contribution in [2.45, 2.75) is 38.0 Å². The van der Waals surface area contributed by atoms with Crippen molar-refractivity contribution in [2.75, 3.05) is 5.73 Å². The van der Waals surface area contributed by atoms with E-state index in [1.807, 2.05) is 6.07 Å². The van der Waals surface area contributed by atoms with Crippen LogP contribution in [0, 0.1) is 17.1 Å². The Kier molecular flexibility index (Phi) is 4.98. The maximum Gasteiger partial charge on any atom is 0.141 e. The van der Waals surface area contributed by atoms with Gasteiger partial charge in [-0.1, -0.05) is 12.5 Å². The summed E-state index contributed by atoms with van der Waals surface area (Å²) < 4.78 is 15.5. The quantitative estimate of drug-likeness (QED) is 0.724. The number of nitrogen functional groups attached to an aromatic ring is 1. The summed E-state index contributed by atoms with van der Waals surface area (Å²) >= 11 is 0. The van der Waals surface area contributed by atoms with Crippen LogP contribution in [0.2, 0.25) is 0 Å². The number of pyridine rings is 1. The smallest absolute Gasteiger partial charge is 0.141 e. The summed E-state index contributed by atoms with van der Waals surface area (Å²) in [6.07, 6.45) is 8.93. The van der Waals surface area contributed by atoms with Gasteiger partial charge in [0.25, 0.3) is 0 Å². The molecule has 0 radical (unpaired) electrons. The van der Waals surface area contributed by atoms with E-state index < -0.39 is 0 Å². The molecule has 1 saturated carbocycles. The van der Waals surface area contributed by atoms with Crippen LogP contribution in [0.15, 0.2) is 42.9 Å². The van der Waals surface area contributed by atoms with Crippen molar-refractivity contribution < 1.29 is 4.39 Å². The molecule has 0 saturated heterocycles. The first-order valence-electron chi connectivity index (χ1n) is 9.40. The van der Waals surface area contributed by atoms with Gasteiger partial charge in [0.1, 0.15) is 17.7 Å². The van der Waals surface area contributed by atoms with Crippen molar-refractivity contribution in [3.63, 3.8) is 0 Å². The number of aryl methyl sites for hydroxylation is 1. The first-order valence-corrected chi connectivity index (χ1v) is 9.40. The normalized spacial score (nSPS) is 13.7.